The van der Waals surface area contributed by atoms with E-state index < -0.39 is 0 Å². The molecule has 0 saturated heterocycles. The fourth-order valence-corrected chi connectivity index (χ4v) is 2.18. The number of fused-ring (bicyclic) bond motifs is 1. The van der Waals surface area contributed by atoms with E-state index in [9.17, 15) is 4.79 Å². The summed E-state index contributed by atoms with van der Waals surface area (Å²) in [5, 5.41) is 3.16. The van der Waals surface area contributed by atoms with E-state index in [-0.39, 0.29) is 5.91 Å². The first-order chi connectivity index (χ1) is 5.77. The lowest BCUT2D eigenvalue weighted by molar-refractivity contribution is -0.117. The molecule has 0 aromatic rings. The molecular weight excluding hydrogens is 152 g/mol. The lowest BCUT2D eigenvalue weighted by Gasteiger charge is -2.40. The van der Waals surface area contributed by atoms with E-state index >= 15 is 0 Å². The molecule has 3 N–H and O–H groups in total. The normalized spacial score (nSPS) is 37.5. The fourth-order valence-electron chi connectivity index (χ4n) is 2.18. The number of hydrogen-bond acceptors (Lipinski definition) is 2. The number of rotatable bonds is 3. The Labute approximate surface area is 72.0 Å². The van der Waals surface area contributed by atoms with Gasteiger partial charge in [-0.2, -0.15) is 0 Å². The van der Waals surface area contributed by atoms with Crippen LogP contribution in [0.3, 0.4) is 0 Å². The number of carbonyl (C=O) groups is 1. The maximum atomic E-state index is 10.5. The van der Waals surface area contributed by atoms with Crippen LogP contribution >= 0.6 is 0 Å². The van der Waals surface area contributed by atoms with Crippen LogP contribution < -0.4 is 11.1 Å². The standard InChI is InChI=1S/C9H14N2O/c10-9(12)5-11-8-4-6-2-1-3-7(6)8/h1,3,6-8,11H,2,4-5H2,(H2,10,12). The molecule has 0 aliphatic heterocycles. The summed E-state index contributed by atoms with van der Waals surface area (Å²) in [6.45, 7) is 0.321. The Morgan fingerprint density at radius 3 is 3.17 bits per heavy atom. The zero-order valence-corrected chi connectivity index (χ0v) is 6.99. The Morgan fingerprint density at radius 1 is 1.67 bits per heavy atom. The molecule has 2 rings (SSSR count). The Morgan fingerprint density at radius 2 is 2.50 bits per heavy atom. The largest absolute Gasteiger partial charge is 0.369 e. The summed E-state index contributed by atoms with van der Waals surface area (Å²) in [7, 11) is 0. The van der Waals surface area contributed by atoms with Crippen molar-refractivity contribution in [2.75, 3.05) is 6.54 Å². The van der Waals surface area contributed by atoms with Crippen molar-refractivity contribution in [3.05, 3.63) is 12.2 Å². The minimum atomic E-state index is -0.263. The molecule has 0 aromatic heterocycles. The highest BCUT2D eigenvalue weighted by molar-refractivity contribution is 5.75. The Bertz CT molecular complexity index is 225. The summed E-state index contributed by atoms with van der Waals surface area (Å²) in [4.78, 5) is 10.5. The first kappa shape index (κ1) is 7.80. The van der Waals surface area contributed by atoms with Gasteiger partial charge in [0.1, 0.15) is 0 Å². The van der Waals surface area contributed by atoms with Gasteiger partial charge in [-0.3, -0.25) is 4.79 Å². The predicted molar refractivity (Wildman–Crippen MR) is 46.3 cm³/mol. The molecule has 1 fully saturated rings. The lowest BCUT2D eigenvalue weighted by Crippen LogP contribution is -2.50. The van der Waals surface area contributed by atoms with E-state index in [4.69, 9.17) is 5.73 Å². The van der Waals surface area contributed by atoms with Crippen LogP contribution in [0.1, 0.15) is 12.8 Å². The maximum absolute atomic E-state index is 10.5. The van der Waals surface area contributed by atoms with Crippen LogP contribution in [0.5, 0.6) is 0 Å². The van der Waals surface area contributed by atoms with E-state index in [0.29, 0.717) is 18.5 Å². The molecule has 0 spiro atoms. The van der Waals surface area contributed by atoms with Gasteiger partial charge in [0.05, 0.1) is 6.54 Å². The van der Waals surface area contributed by atoms with E-state index in [0.717, 1.165) is 5.92 Å². The Balaban J connectivity index is 1.77. The van der Waals surface area contributed by atoms with Gasteiger partial charge >= 0.3 is 0 Å². The molecule has 3 atom stereocenters. The molecule has 1 amide bonds. The van der Waals surface area contributed by atoms with Crippen molar-refractivity contribution < 1.29 is 4.79 Å². The number of primary amides is 1. The summed E-state index contributed by atoms with van der Waals surface area (Å²) in [5.74, 6) is 1.25. The fraction of sp³-hybridized carbons (Fsp3) is 0.667. The summed E-state index contributed by atoms with van der Waals surface area (Å²) in [6, 6.07) is 0.501. The molecule has 1 saturated carbocycles. The number of nitrogens with two attached hydrogens (primary N) is 1. The van der Waals surface area contributed by atoms with Gasteiger partial charge in [-0.15, -0.1) is 0 Å². The van der Waals surface area contributed by atoms with Crippen molar-refractivity contribution in [3.8, 4) is 0 Å². The molecule has 0 bridgehead atoms. The van der Waals surface area contributed by atoms with Crippen molar-refractivity contribution in [3.63, 3.8) is 0 Å². The second-order valence-corrected chi connectivity index (χ2v) is 3.69. The molecule has 12 heavy (non-hydrogen) atoms. The van der Waals surface area contributed by atoms with Gasteiger partial charge in [-0.1, -0.05) is 12.2 Å². The van der Waals surface area contributed by atoms with Gasteiger partial charge in [-0.25, -0.2) is 0 Å². The van der Waals surface area contributed by atoms with E-state index in [2.05, 4.69) is 17.5 Å². The van der Waals surface area contributed by atoms with Crippen LogP contribution in [-0.2, 0) is 4.79 Å². The molecule has 2 aliphatic rings. The van der Waals surface area contributed by atoms with Crippen LogP contribution in [0.25, 0.3) is 0 Å². The van der Waals surface area contributed by atoms with Crippen LogP contribution in [0, 0.1) is 11.8 Å². The van der Waals surface area contributed by atoms with Crippen LogP contribution in [0.2, 0.25) is 0 Å². The molecule has 3 heteroatoms. The average molecular weight is 166 g/mol. The van der Waals surface area contributed by atoms with Gasteiger partial charge in [0.2, 0.25) is 5.91 Å². The summed E-state index contributed by atoms with van der Waals surface area (Å²) in [5.41, 5.74) is 5.04. The molecule has 2 aliphatic carbocycles. The Kier molecular flexibility index (Phi) is 1.89. The zero-order valence-electron chi connectivity index (χ0n) is 6.99. The minimum absolute atomic E-state index is 0.263. The van der Waals surface area contributed by atoms with E-state index in [1.54, 1.807) is 0 Å². The summed E-state index contributed by atoms with van der Waals surface area (Å²) >= 11 is 0. The quantitative estimate of drug-likeness (QED) is 0.581. The smallest absolute Gasteiger partial charge is 0.231 e. The third kappa shape index (κ3) is 1.25. The maximum Gasteiger partial charge on any atom is 0.231 e. The molecule has 3 nitrogen and oxygen atoms in total. The number of amides is 1. The number of hydrogen-bond donors (Lipinski definition) is 2. The van der Waals surface area contributed by atoms with Crippen LogP contribution in [-0.4, -0.2) is 18.5 Å². The first-order valence-electron chi connectivity index (χ1n) is 4.45. The predicted octanol–water partition coefficient (Wildman–Crippen LogP) is 0.0259. The van der Waals surface area contributed by atoms with Crippen molar-refractivity contribution in [1.82, 2.24) is 5.32 Å². The number of carbonyl (C=O) groups excluding carboxylic acids is 1. The third-order valence-electron chi connectivity index (χ3n) is 2.90. The topological polar surface area (TPSA) is 55.1 Å². The van der Waals surface area contributed by atoms with Gasteiger partial charge < -0.3 is 11.1 Å². The molecule has 0 heterocycles. The number of allylic oxidation sites excluding steroid dienone is 1. The van der Waals surface area contributed by atoms with Gasteiger partial charge in [0, 0.05) is 6.04 Å². The highest BCUT2D eigenvalue weighted by Gasteiger charge is 2.40. The van der Waals surface area contributed by atoms with E-state index in [1.165, 1.54) is 12.8 Å². The molecule has 3 unspecified atom stereocenters. The van der Waals surface area contributed by atoms with Crippen molar-refractivity contribution >= 4 is 5.91 Å². The van der Waals surface area contributed by atoms with Crippen molar-refractivity contribution in [2.45, 2.75) is 18.9 Å². The zero-order chi connectivity index (χ0) is 8.55. The van der Waals surface area contributed by atoms with E-state index in [1.807, 2.05) is 0 Å². The van der Waals surface area contributed by atoms with Crippen LogP contribution in [0.15, 0.2) is 12.2 Å². The van der Waals surface area contributed by atoms with Gasteiger partial charge in [-0.05, 0) is 24.7 Å². The monoisotopic (exact) mass is 166 g/mol. The Hall–Kier alpha value is -0.830. The lowest BCUT2D eigenvalue weighted by atomic mass is 9.71. The SMILES string of the molecule is NC(=O)CNC1CC2CC=CC21. The molecule has 66 valence electrons. The highest BCUT2D eigenvalue weighted by atomic mass is 16.1. The third-order valence-corrected chi connectivity index (χ3v) is 2.90. The summed E-state index contributed by atoms with van der Waals surface area (Å²) < 4.78 is 0. The second-order valence-electron chi connectivity index (χ2n) is 3.69. The van der Waals surface area contributed by atoms with Gasteiger partial charge in [0.15, 0.2) is 0 Å². The minimum Gasteiger partial charge on any atom is -0.369 e. The first-order valence-corrected chi connectivity index (χ1v) is 4.45. The van der Waals surface area contributed by atoms with Crippen molar-refractivity contribution in [2.24, 2.45) is 17.6 Å². The summed E-state index contributed by atoms with van der Waals surface area (Å²) in [6.07, 6.45) is 6.92. The van der Waals surface area contributed by atoms with Gasteiger partial charge in [0.25, 0.3) is 0 Å². The highest BCUT2D eigenvalue weighted by Crippen LogP contribution is 2.42. The average Bonchev–Trinajstić information content (AvgIpc) is 2.32. The molecule has 0 aromatic carbocycles. The molecule has 0 radical (unpaired) electrons. The second kappa shape index (κ2) is 2.90. The molecular formula is C9H14N2O. The van der Waals surface area contributed by atoms with Crippen LogP contribution in [0.4, 0.5) is 0 Å². The number of nitrogens with one attached hydrogen (secondary N) is 1. The van der Waals surface area contributed by atoms with Crippen molar-refractivity contribution in [1.29, 1.82) is 0 Å².